The van der Waals surface area contributed by atoms with Crippen molar-refractivity contribution < 1.29 is 0 Å². The molecule has 0 aliphatic heterocycles. The quantitative estimate of drug-likeness (QED) is 0.340. The topological polar surface area (TPSA) is 8.17 Å². The van der Waals surface area contributed by atoms with Gasteiger partial charge in [0.1, 0.15) is 0 Å². The maximum absolute atomic E-state index is 2.36. The van der Waals surface area contributed by atoms with Crippen molar-refractivity contribution >= 4 is 33.2 Å². The average molecular weight is 362 g/mol. The lowest BCUT2D eigenvalue weighted by atomic mass is 10.1. The Bertz CT molecular complexity index is 1270. The molecular formula is C26H22N2. The Kier molecular flexibility index (Phi) is 3.91. The van der Waals surface area contributed by atoms with Gasteiger partial charge in [0, 0.05) is 34.9 Å². The lowest BCUT2D eigenvalue weighted by molar-refractivity contribution is 1.17. The monoisotopic (exact) mass is 362 g/mol. The largest absolute Gasteiger partial charge is 0.345 e. The van der Waals surface area contributed by atoms with Gasteiger partial charge in [-0.2, -0.15) is 0 Å². The van der Waals surface area contributed by atoms with Gasteiger partial charge in [-0.3, -0.25) is 0 Å². The van der Waals surface area contributed by atoms with Gasteiger partial charge < -0.3 is 9.47 Å². The number of aryl methyl sites for hydroxylation is 1. The van der Waals surface area contributed by atoms with Crippen molar-refractivity contribution in [2.24, 2.45) is 0 Å². The molecule has 2 heteroatoms. The molecule has 136 valence electrons. The summed E-state index contributed by atoms with van der Waals surface area (Å²) in [6, 6.07) is 34.6. The van der Waals surface area contributed by atoms with E-state index in [9.17, 15) is 0 Å². The maximum atomic E-state index is 2.36. The van der Waals surface area contributed by atoms with Crippen LogP contribution < -0.4 is 4.90 Å². The molecule has 0 saturated heterocycles. The number of hydrogen-bond donors (Lipinski definition) is 0. The van der Waals surface area contributed by atoms with Crippen molar-refractivity contribution in [1.29, 1.82) is 0 Å². The van der Waals surface area contributed by atoms with E-state index < -0.39 is 0 Å². The van der Waals surface area contributed by atoms with Crippen molar-refractivity contribution in [3.63, 3.8) is 0 Å². The van der Waals surface area contributed by atoms with Gasteiger partial charge in [0.15, 0.2) is 0 Å². The molecule has 2 nitrogen and oxygen atoms in total. The highest BCUT2D eigenvalue weighted by Gasteiger charge is 2.14. The Labute approximate surface area is 165 Å². The third-order valence-electron chi connectivity index (χ3n) is 5.45. The highest BCUT2D eigenvalue weighted by atomic mass is 15.1. The third-order valence-corrected chi connectivity index (χ3v) is 5.45. The molecule has 0 bridgehead atoms. The van der Waals surface area contributed by atoms with E-state index in [1.165, 1.54) is 44.4 Å². The van der Waals surface area contributed by atoms with Gasteiger partial charge in [0.05, 0.1) is 11.0 Å². The number of nitrogens with zero attached hydrogens (tertiary/aromatic N) is 2. The summed E-state index contributed by atoms with van der Waals surface area (Å²) in [5, 5.41) is 2.57. The van der Waals surface area contributed by atoms with Crippen LogP contribution in [-0.4, -0.2) is 11.6 Å². The molecule has 0 fully saturated rings. The van der Waals surface area contributed by atoms with Gasteiger partial charge in [0.2, 0.25) is 0 Å². The van der Waals surface area contributed by atoms with Crippen molar-refractivity contribution in [3.05, 3.63) is 103 Å². The van der Waals surface area contributed by atoms with E-state index in [1.807, 2.05) is 0 Å². The van der Waals surface area contributed by atoms with E-state index in [1.54, 1.807) is 0 Å². The van der Waals surface area contributed by atoms with Gasteiger partial charge >= 0.3 is 0 Å². The summed E-state index contributed by atoms with van der Waals surface area (Å²) in [6.45, 7) is 2.16. The van der Waals surface area contributed by atoms with Crippen molar-refractivity contribution in [2.45, 2.75) is 6.92 Å². The first-order valence-electron chi connectivity index (χ1n) is 9.61. The molecule has 0 atom stereocenters. The van der Waals surface area contributed by atoms with Crippen LogP contribution in [-0.2, 0) is 0 Å². The van der Waals surface area contributed by atoms with Crippen molar-refractivity contribution in [2.75, 3.05) is 11.9 Å². The molecule has 0 radical (unpaired) electrons. The smallest absolute Gasteiger partial charge is 0.0542 e. The Balaban J connectivity index is 1.78. The van der Waals surface area contributed by atoms with Crippen molar-refractivity contribution in [1.82, 2.24) is 4.57 Å². The Hall–Kier alpha value is -3.52. The van der Waals surface area contributed by atoms with E-state index in [-0.39, 0.29) is 0 Å². The summed E-state index contributed by atoms with van der Waals surface area (Å²) in [7, 11) is 2.12. The van der Waals surface area contributed by atoms with E-state index in [0.29, 0.717) is 0 Å². The number of fused-ring (bicyclic) bond motifs is 3. The van der Waals surface area contributed by atoms with Crippen LogP contribution in [0.4, 0.5) is 11.4 Å². The molecular weight excluding hydrogens is 340 g/mol. The molecule has 28 heavy (non-hydrogen) atoms. The fourth-order valence-corrected chi connectivity index (χ4v) is 3.99. The minimum absolute atomic E-state index is 1.19. The number of benzene rings is 4. The molecule has 5 rings (SSSR count). The Morgan fingerprint density at radius 2 is 1.21 bits per heavy atom. The van der Waals surface area contributed by atoms with Crippen LogP contribution >= 0.6 is 0 Å². The highest BCUT2D eigenvalue weighted by Crippen LogP contribution is 2.36. The molecule has 5 aromatic rings. The van der Waals surface area contributed by atoms with E-state index >= 15 is 0 Å². The number of hydrogen-bond acceptors (Lipinski definition) is 1. The average Bonchev–Trinajstić information content (AvgIpc) is 3.07. The molecule has 0 saturated carbocycles. The number of para-hydroxylation sites is 2. The minimum atomic E-state index is 1.19. The van der Waals surface area contributed by atoms with Crippen molar-refractivity contribution in [3.8, 4) is 5.69 Å². The minimum Gasteiger partial charge on any atom is -0.345 e. The predicted octanol–water partition coefficient (Wildman–Crippen LogP) is 6.86. The first kappa shape index (κ1) is 16.6. The summed E-state index contributed by atoms with van der Waals surface area (Å²) in [6.07, 6.45) is 0. The summed E-state index contributed by atoms with van der Waals surface area (Å²) >= 11 is 0. The zero-order chi connectivity index (χ0) is 19.1. The van der Waals surface area contributed by atoms with Crippen LogP contribution in [0.25, 0.3) is 27.5 Å². The van der Waals surface area contributed by atoms with Gasteiger partial charge in [-0.05, 0) is 61.5 Å². The molecule has 0 aliphatic rings. The molecule has 1 heterocycles. The first-order valence-corrected chi connectivity index (χ1v) is 9.61. The Morgan fingerprint density at radius 3 is 1.93 bits per heavy atom. The number of aromatic nitrogens is 1. The SMILES string of the molecule is Cc1ccc2c(c1)c1cc(N(C)c3ccccc3)ccc1n2-c1ccccc1. The zero-order valence-corrected chi connectivity index (χ0v) is 16.1. The molecule has 0 unspecified atom stereocenters. The third kappa shape index (κ3) is 2.66. The second kappa shape index (κ2) is 6.58. The fourth-order valence-electron chi connectivity index (χ4n) is 3.99. The highest BCUT2D eigenvalue weighted by molar-refractivity contribution is 6.10. The van der Waals surface area contributed by atoms with E-state index in [2.05, 4.69) is 121 Å². The molecule has 1 aromatic heterocycles. The van der Waals surface area contributed by atoms with Gasteiger partial charge in [-0.1, -0.05) is 48.0 Å². The van der Waals surface area contributed by atoms with Crippen LogP contribution in [0.3, 0.4) is 0 Å². The van der Waals surface area contributed by atoms with Crippen LogP contribution in [0.15, 0.2) is 97.1 Å². The van der Waals surface area contributed by atoms with E-state index in [4.69, 9.17) is 0 Å². The van der Waals surface area contributed by atoms with Crippen LogP contribution in [0.1, 0.15) is 5.56 Å². The zero-order valence-electron chi connectivity index (χ0n) is 16.1. The van der Waals surface area contributed by atoms with Crippen LogP contribution in [0, 0.1) is 6.92 Å². The number of anilines is 2. The summed E-state index contributed by atoms with van der Waals surface area (Å²) in [4.78, 5) is 2.24. The van der Waals surface area contributed by atoms with E-state index in [0.717, 1.165) is 0 Å². The van der Waals surface area contributed by atoms with Gasteiger partial charge in [0.25, 0.3) is 0 Å². The molecule has 0 amide bonds. The predicted molar refractivity (Wildman–Crippen MR) is 120 cm³/mol. The summed E-state index contributed by atoms with van der Waals surface area (Å²) < 4.78 is 2.36. The number of rotatable bonds is 3. The maximum Gasteiger partial charge on any atom is 0.0542 e. The molecule has 4 aromatic carbocycles. The second-order valence-corrected chi connectivity index (χ2v) is 7.29. The van der Waals surface area contributed by atoms with Gasteiger partial charge in [-0.15, -0.1) is 0 Å². The summed E-state index contributed by atoms with van der Waals surface area (Å²) in [5.41, 5.74) is 7.32. The Morgan fingerprint density at radius 1 is 0.607 bits per heavy atom. The standard InChI is InChI=1S/C26H22N2/c1-19-13-15-25-23(17-19)24-18-22(27(2)20-9-5-3-6-10-20)14-16-26(24)28(25)21-11-7-4-8-12-21/h3-18H,1-2H3. The van der Waals surface area contributed by atoms with Gasteiger partial charge in [-0.25, -0.2) is 0 Å². The molecule has 0 spiro atoms. The fraction of sp³-hybridized carbons (Fsp3) is 0.0769. The second-order valence-electron chi connectivity index (χ2n) is 7.29. The van der Waals surface area contributed by atoms with Crippen LogP contribution in [0.5, 0.6) is 0 Å². The lowest BCUT2D eigenvalue weighted by Gasteiger charge is -2.19. The first-order chi connectivity index (χ1) is 13.7. The lowest BCUT2D eigenvalue weighted by Crippen LogP contribution is -2.08. The normalized spacial score (nSPS) is 11.2. The summed E-state index contributed by atoms with van der Waals surface area (Å²) in [5.74, 6) is 0. The molecule has 0 N–H and O–H groups in total. The molecule has 0 aliphatic carbocycles. The van der Waals surface area contributed by atoms with Crippen LogP contribution in [0.2, 0.25) is 0 Å².